The average molecular weight is 427 g/mol. The minimum atomic E-state index is 0.163. The third kappa shape index (κ3) is 7.37. The standard InChI is InChI=1S/C22H26Cl3NO/c1-2-3-4-5-10-22(27)26(16-18-8-6-7-9-20(18)24)14-13-17-11-12-19(23)15-21(17)25/h6-9,11-12,15H,2-5,10,13-14,16H2,1H3. The van der Waals surface area contributed by atoms with Crippen LogP contribution in [-0.2, 0) is 17.8 Å². The van der Waals surface area contributed by atoms with E-state index in [-0.39, 0.29) is 5.91 Å². The van der Waals surface area contributed by atoms with Crippen LogP contribution in [-0.4, -0.2) is 17.4 Å². The number of unbranched alkanes of at least 4 members (excludes halogenated alkanes) is 3. The van der Waals surface area contributed by atoms with Gasteiger partial charge in [-0.05, 0) is 42.2 Å². The quantitative estimate of drug-likeness (QED) is 0.368. The van der Waals surface area contributed by atoms with Gasteiger partial charge in [-0.3, -0.25) is 4.79 Å². The molecule has 0 aliphatic carbocycles. The summed E-state index contributed by atoms with van der Waals surface area (Å²) in [4.78, 5) is 14.7. The Kier molecular flexibility index (Phi) is 9.47. The third-order valence-electron chi connectivity index (χ3n) is 4.58. The molecule has 0 aliphatic rings. The van der Waals surface area contributed by atoms with E-state index < -0.39 is 0 Å². The van der Waals surface area contributed by atoms with Gasteiger partial charge >= 0.3 is 0 Å². The lowest BCUT2D eigenvalue weighted by atomic mass is 10.1. The van der Waals surface area contributed by atoms with Crippen molar-refractivity contribution in [3.63, 3.8) is 0 Å². The van der Waals surface area contributed by atoms with Crippen LogP contribution in [0.25, 0.3) is 0 Å². The highest BCUT2D eigenvalue weighted by atomic mass is 35.5. The highest BCUT2D eigenvalue weighted by Crippen LogP contribution is 2.23. The second-order valence-corrected chi connectivity index (χ2v) is 7.95. The molecule has 146 valence electrons. The van der Waals surface area contributed by atoms with E-state index in [4.69, 9.17) is 34.8 Å². The van der Waals surface area contributed by atoms with Gasteiger partial charge in [-0.1, -0.05) is 85.3 Å². The fraction of sp³-hybridized carbons (Fsp3) is 0.409. The molecule has 0 fully saturated rings. The van der Waals surface area contributed by atoms with Crippen LogP contribution in [0.3, 0.4) is 0 Å². The van der Waals surface area contributed by atoms with Gasteiger partial charge in [0.25, 0.3) is 0 Å². The Morgan fingerprint density at radius 3 is 2.41 bits per heavy atom. The molecular formula is C22H26Cl3NO. The van der Waals surface area contributed by atoms with Crippen molar-refractivity contribution in [3.05, 3.63) is 68.7 Å². The summed E-state index contributed by atoms with van der Waals surface area (Å²) in [5.74, 6) is 0.163. The van der Waals surface area contributed by atoms with Crippen molar-refractivity contribution in [2.75, 3.05) is 6.54 Å². The van der Waals surface area contributed by atoms with E-state index in [0.717, 1.165) is 36.8 Å². The molecule has 0 bridgehead atoms. The fourth-order valence-corrected chi connectivity index (χ4v) is 3.66. The van der Waals surface area contributed by atoms with Crippen molar-refractivity contribution < 1.29 is 4.79 Å². The van der Waals surface area contributed by atoms with Crippen molar-refractivity contribution >= 4 is 40.7 Å². The highest BCUT2D eigenvalue weighted by molar-refractivity contribution is 6.35. The molecule has 0 N–H and O–H groups in total. The zero-order valence-corrected chi connectivity index (χ0v) is 18.0. The number of halogens is 3. The first-order valence-corrected chi connectivity index (χ1v) is 10.6. The molecule has 0 spiro atoms. The fourth-order valence-electron chi connectivity index (χ4n) is 2.97. The topological polar surface area (TPSA) is 20.3 Å². The van der Waals surface area contributed by atoms with Crippen LogP contribution in [0.4, 0.5) is 0 Å². The van der Waals surface area contributed by atoms with Gasteiger partial charge in [0, 0.05) is 34.6 Å². The van der Waals surface area contributed by atoms with E-state index in [1.165, 1.54) is 0 Å². The number of carbonyl (C=O) groups excluding carboxylic acids is 1. The summed E-state index contributed by atoms with van der Waals surface area (Å²) in [5, 5.41) is 1.94. The molecule has 0 unspecified atom stereocenters. The molecule has 1 amide bonds. The van der Waals surface area contributed by atoms with Crippen molar-refractivity contribution in [1.82, 2.24) is 4.90 Å². The Hall–Kier alpha value is -1.22. The zero-order chi connectivity index (χ0) is 19.6. The van der Waals surface area contributed by atoms with Gasteiger partial charge in [0.15, 0.2) is 0 Å². The molecule has 0 saturated heterocycles. The van der Waals surface area contributed by atoms with Gasteiger partial charge < -0.3 is 4.90 Å². The van der Waals surface area contributed by atoms with E-state index >= 15 is 0 Å². The second kappa shape index (κ2) is 11.6. The molecular weight excluding hydrogens is 401 g/mol. The SMILES string of the molecule is CCCCCCC(=O)N(CCc1ccc(Cl)cc1Cl)Cc1ccccc1Cl. The highest BCUT2D eigenvalue weighted by Gasteiger charge is 2.16. The number of hydrogen-bond donors (Lipinski definition) is 0. The van der Waals surface area contributed by atoms with E-state index in [2.05, 4.69) is 6.92 Å². The maximum atomic E-state index is 12.8. The van der Waals surface area contributed by atoms with Crippen LogP contribution in [0.1, 0.15) is 50.2 Å². The Bertz CT molecular complexity index is 748. The molecule has 2 aromatic carbocycles. The first-order chi connectivity index (χ1) is 13.0. The molecule has 0 aromatic heterocycles. The maximum Gasteiger partial charge on any atom is 0.222 e. The van der Waals surface area contributed by atoms with Crippen LogP contribution >= 0.6 is 34.8 Å². The Labute approximate surface area is 177 Å². The smallest absolute Gasteiger partial charge is 0.222 e. The molecule has 27 heavy (non-hydrogen) atoms. The van der Waals surface area contributed by atoms with Crippen LogP contribution < -0.4 is 0 Å². The summed E-state index contributed by atoms with van der Waals surface area (Å²) in [5.41, 5.74) is 1.95. The predicted molar refractivity (Wildman–Crippen MR) is 116 cm³/mol. The number of nitrogens with zero attached hydrogens (tertiary/aromatic N) is 1. The van der Waals surface area contributed by atoms with Crippen LogP contribution in [0.5, 0.6) is 0 Å². The number of carbonyl (C=O) groups is 1. The van der Waals surface area contributed by atoms with E-state index in [0.29, 0.717) is 41.0 Å². The number of benzene rings is 2. The van der Waals surface area contributed by atoms with Crippen LogP contribution in [0.2, 0.25) is 15.1 Å². The van der Waals surface area contributed by atoms with Gasteiger partial charge in [0.05, 0.1) is 0 Å². The lowest BCUT2D eigenvalue weighted by Gasteiger charge is -2.24. The zero-order valence-electron chi connectivity index (χ0n) is 15.7. The van der Waals surface area contributed by atoms with Gasteiger partial charge in [-0.15, -0.1) is 0 Å². The minimum absolute atomic E-state index is 0.163. The van der Waals surface area contributed by atoms with Gasteiger partial charge in [0.1, 0.15) is 0 Å². The summed E-state index contributed by atoms with van der Waals surface area (Å²) in [6, 6.07) is 13.2. The maximum absolute atomic E-state index is 12.8. The predicted octanol–water partition coefficient (Wildman–Crippen LogP) is 7.19. The van der Waals surface area contributed by atoms with Gasteiger partial charge in [-0.25, -0.2) is 0 Å². The van der Waals surface area contributed by atoms with E-state index in [9.17, 15) is 4.79 Å². The first kappa shape index (κ1) is 22.1. The lowest BCUT2D eigenvalue weighted by Crippen LogP contribution is -2.32. The molecule has 0 radical (unpaired) electrons. The summed E-state index contributed by atoms with van der Waals surface area (Å²) >= 11 is 18.6. The van der Waals surface area contributed by atoms with Crippen LogP contribution in [0, 0.1) is 0 Å². The van der Waals surface area contributed by atoms with Crippen molar-refractivity contribution in [3.8, 4) is 0 Å². The number of amides is 1. The average Bonchev–Trinajstić information content (AvgIpc) is 2.64. The van der Waals surface area contributed by atoms with Crippen molar-refractivity contribution in [2.45, 2.75) is 52.0 Å². The molecule has 5 heteroatoms. The number of rotatable bonds is 10. The summed E-state index contributed by atoms with van der Waals surface area (Å²) in [7, 11) is 0. The largest absolute Gasteiger partial charge is 0.338 e. The molecule has 2 rings (SSSR count). The number of hydrogen-bond acceptors (Lipinski definition) is 1. The van der Waals surface area contributed by atoms with Gasteiger partial charge in [0.2, 0.25) is 5.91 Å². The summed E-state index contributed by atoms with van der Waals surface area (Å²) in [6.45, 7) is 3.28. The van der Waals surface area contributed by atoms with Gasteiger partial charge in [-0.2, -0.15) is 0 Å². The lowest BCUT2D eigenvalue weighted by molar-refractivity contribution is -0.131. The first-order valence-electron chi connectivity index (χ1n) is 9.46. The molecule has 0 aliphatic heterocycles. The molecule has 2 nitrogen and oxygen atoms in total. The Morgan fingerprint density at radius 2 is 1.70 bits per heavy atom. The monoisotopic (exact) mass is 425 g/mol. The van der Waals surface area contributed by atoms with E-state index in [1.807, 2.05) is 41.3 Å². The third-order valence-corrected chi connectivity index (χ3v) is 5.54. The van der Waals surface area contributed by atoms with Crippen molar-refractivity contribution in [2.24, 2.45) is 0 Å². The summed E-state index contributed by atoms with van der Waals surface area (Å²) in [6.07, 6.45) is 5.59. The second-order valence-electron chi connectivity index (χ2n) is 6.70. The Morgan fingerprint density at radius 1 is 0.926 bits per heavy atom. The molecule has 2 aromatic rings. The normalized spacial score (nSPS) is 10.8. The van der Waals surface area contributed by atoms with E-state index in [1.54, 1.807) is 6.07 Å². The molecule has 0 saturated carbocycles. The minimum Gasteiger partial charge on any atom is -0.338 e. The molecule has 0 heterocycles. The van der Waals surface area contributed by atoms with Crippen LogP contribution in [0.15, 0.2) is 42.5 Å². The summed E-state index contributed by atoms with van der Waals surface area (Å²) < 4.78 is 0. The molecule has 0 atom stereocenters. The van der Waals surface area contributed by atoms with Crippen molar-refractivity contribution in [1.29, 1.82) is 0 Å². The Balaban J connectivity index is 2.06.